The SMILES string of the molecule is CC(C)(C)c1ccc2occ(I)c2c1. The van der Waals surface area contributed by atoms with E-state index in [4.69, 9.17) is 4.42 Å². The van der Waals surface area contributed by atoms with E-state index in [0.29, 0.717) is 0 Å². The van der Waals surface area contributed by atoms with Crippen LogP contribution in [0.3, 0.4) is 0 Å². The van der Waals surface area contributed by atoms with Gasteiger partial charge < -0.3 is 4.42 Å². The first-order valence-corrected chi connectivity index (χ1v) is 5.73. The van der Waals surface area contributed by atoms with Crippen LogP contribution >= 0.6 is 22.6 Å². The minimum Gasteiger partial charge on any atom is -0.463 e. The molecule has 0 radical (unpaired) electrons. The van der Waals surface area contributed by atoms with Crippen molar-refractivity contribution in [3.05, 3.63) is 33.6 Å². The molecule has 0 bridgehead atoms. The van der Waals surface area contributed by atoms with E-state index >= 15 is 0 Å². The third kappa shape index (κ3) is 1.67. The standard InChI is InChI=1S/C12H13IO/c1-12(2,3)8-4-5-11-9(6-8)10(13)7-14-11/h4-7H,1-3H3. The van der Waals surface area contributed by atoms with Crippen LogP contribution in [0.25, 0.3) is 11.0 Å². The zero-order chi connectivity index (χ0) is 10.3. The van der Waals surface area contributed by atoms with E-state index in [1.165, 1.54) is 14.5 Å². The van der Waals surface area contributed by atoms with Crippen LogP contribution in [-0.4, -0.2) is 0 Å². The lowest BCUT2D eigenvalue weighted by atomic mass is 9.86. The molecule has 0 fully saturated rings. The number of rotatable bonds is 0. The Kier molecular flexibility index (Phi) is 2.33. The average Bonchev–Trinajstić information content (AvgIpc) is 2.46. The molecular formula is C12H13IO. The van der Waals surface area contributed by atoms with E-state index < -0.39 is 0 Å². The summed E-state index contributed by atoms with van der Waals surface area (Å²) >= 11 is 2.30. The predicted octanol–water partition coefficient (Wildman–Crippen LogP) is 4.33. The second kappa shape index (κ2) is 3.26. The van der Waals surface area contributed by atoms with Gasteiger partial charge in [-0.2, -0.15) is 0 Å². The van der Waals surface area contributed by atoms with Gasteiger partial charge in [-0.1, -0.05) is 26.8 Å². The summed E-state index contributed by atoms with van der Waals surface area (Å²) in [6.45, 7) is 6.67. The van der Waals surface area contributed by atoms with Crippen LogP contribution in [0.5, 0.6) is 0 Å². The van der Waals surface area contributed by atoms with E-state index in [1.807, 2.05) is 0 Å². The van der Waals surface area contributed by atoms with Crippen molar-refractivity contribution in [2.24, 2.45) is 0 Å². The molecule has 1 aromatic carbocycles. The monoisotopic (exact) mass is 300 g/mol. The molecule has 1 nitrogen and oxygen atoms in total. The van der Waals surface area contributed by atoms with E-state index in [9.17, 15) is 0 Å². The molecule has 0 unspecified atom stereocenters. The summed E-state index contributed by atoms with van der Waals surface area (Å²) in [6, 6.07) is 6.42. The molecule has 0 aliphatic rings. The summed E-state index contributed by atoms with van der Waals surface area (Å²) in [6.07, 6.45) is 1.80. The summed E-state index contributed by atoms with van der Waals surface area (Å²) in [5.74, 6) is 0. The highest BCUT2D eigenvalue weighted by Crippen LogP contribution is 2.29. The number of hydrogen-bond donors (Lipinski definition) is 0. The third-order valence-corrected chi connectivity index (χ3v) is 3.23. The predicted molar refractivity (Wildman–Crippen MR) is 67.6 cm³/mol. The zero-order valence-corrected chi connectivity index (χ0v) is 10.8. The summed E-state index contributed by atoms with van der Waals surface area (Å²) in [7, 11) is 0. The molecule has 1 heterocycles. The van der Waals surface area contributed by atoms with Gasteiger partial charge in [0.1, 0.15) is 11.8 Å². The second-order valence-electron chi connectivity index (χ2n) is 4.54. The number of benzene rings is 1. The quantitative estimate of drug-likeness (QED) is 0.660. The number of halogens is 1. The van der Waals surface area contributed by atoms with E-state index in [1.54, 1.807) is 6.26 Å². The van der Waals surface area contributed by atoms with Gasteiger partial charge in [0.25, 0.3) is 0 Å². The molecule has 14 heavy (non-hydrogen) atoms. The van der Waals surface area contributed by atoms with Crippen molar-refractivity contribution >= 4 is 33.6 Å². The Balaban J connectivity index is 2.66. The van der Waals surface area contributed by atoms with E-state index in [0.717, 1.165) is 5.58 Å². The van der Waals surface area contributed by atoms with Crippen molar-refractivity contribution < 1.29 is 4.42 Å². The second-order valence-corrected chi connectivity index (χ2v) is 5.71. The van der Waals surface area contributed by atoms with Crippen LogP contribution in [0, 0.1) is 3.57 Å². The first-order chi connectivity index (χ1) is 6.48. The van der Waals surface area contributed by atoms with Gasteiger partial charge >= 0.3 is 0 Å². The van der Waals surface area contributed by atoms with Crippen molar-refractivity contribution in [1.29, 1.82) is 0 Å². The van der Waals surface area contributed by atoms with Crippen molar-refractivity contribution in [3.63, 3.8) is 0 Å². The normalized spacial score (nSPS) is 12.3. The van der Waals surface area contributed by atoms with Crippen LogP contribution in [0.4, 0.5) is 0 Å². The molecule has 74 valence electrons. The minimum atomic E-state index is 0.203. The topological polar surface area (TPSA) is 13.1 Å². The smallest absolute Gasteiger partial charge is 0.134 e. The van der Waals surface area contributed by atoms with Crippen LogP contribution in [-0.2, 0) is 5.41 Å². The zero-order valence-electron chi connectivity index (χ0n) is 8.60. The van der Waals surface area contributed by atoms with Crippen LogP contribution in [0.15, 0.2) is 28.9 Å². The molecule has 2 rings (SSSR count). The molecule has 0 amide bonds. The highest BCUT2D eigenvalue weighted by Gasteiger charge is 2.15. The fourth-order valence-electron chi connectivity index (χ4n) is 1.46. The van der Waals surface area contributed by atoms with Crippen molar-refractivity contribution in [2.75, 3.05) is 0 Å². The average molecular weight is 300 g/mol. The molecule has 0 saturated heterocycles. The fourth-order valence-corrected chi connectivity index (χ4v) is 2.01. The Bertz CT molecular complexity index is 463. The Morgan fingerprint density at radius 1 is 1.21 bits per heavy atom. The minimum absolute atomic E-state index is 0.203. The maximum Gasteiger partial charge on any atom is 0.134 e. The van der Waals surface area contributed by atoms with Gasteiger partial charge in [0.05, 0.1) is 3.57 Å². The van der Waals surface area contributed by atoms with Gasteiger partial charge in [-0.15, -0.1) is 0 Å². The largest absolute Gasteiger partial charge is 0.463 e. The summed E-state index contributed by atoms with van der Waals surface area (Å²) in [5, 5.41) is 1.22. The lowest BCUT2D eigenvalue weighted by molar-refractivity contribution is 0.589. The molecule has 0 saturated carbocycles. The van der Waals surface area contributed by atoms with Gasteiger partial charge in [0.15, 0.2) is 0 Å². The Hall–Kier alpha value is -0.510. The van der Waals surface area contributed by atoms with E-state index in [-0.39, 0.29) is 5.41 Å². The number of furan rings is 1. The molecule has 1 aromatic heterocycles. The van der Waals surface area contributed by atoms with E-state index in [2.05, 4.69) is 61.6 Å². The van der Waals surface area contributed by atoms with Crippen molar-refractivity contribution in [1.82, 2.24) is 0 Å². The molecule has 0 N–H and O–H groups in total. The van der Waals surface area contributed by atoms with Gasteiger partial charge in [-0.3, -0.25) is 0 Å². The van der Waals surface area contributed by atoms with Gasteiger partial charge in [-0.25, -0.2) is 0 Å². The Morgan fingerprint density at radius 3 is 2.57 bits per heavy atom. The third-order valence-electron chi connectivity index (χ3n) is 2.39. The molecule has 0 aliphatic heterocycles. The highest BCUT2D eigenvalue weighted by atomic mass is 127. The number of fused-ring (bicyclic) bond motifs is 1. The van der Waals surface area contributed by atoms with Crippen LogP contribution < -0.4 is 0 Å². The first kappa shape index (κ1) is 10.0. The lowest BCUT2D eigenvalue weighted by Crippen LogP contribution is -2.10. The first-order valence-electron chi connectivity index (χ1n) is 4.66. The Labute approximate surface area is 97.6 Å². The molecule has 2 heteroatoms. The highest BCUT2D eigenvalue weighted by molar-refractivity contribution is 14.1. The molecular weight excluding hydrogens is 287 g/mol. The maximum absolute atomic E-state index is 5.41. The maximum atomic E-state index is 5.41. The molecule has 0 spiro atoms. The van der Waals surface area contributed by atoms with Gasteiger partial charge in [-0.05, 0) is 45.7 Å². The van der Waals surface area contributed by atoms with Crippen LogP contribution in [0.1, 0.15) is 26.3 Å². The summed E-state index contributed by atoms with van der Waals surface area (Å²) in [5.41, 5.74) is 2.53. The van der Waals surface area contributed by atoms with Crippen molar-refractivity contribution in [2.45, 2.75) is 26.2 Å². The molecule has 2 aromatic rings. The van der Waals surface area contributed by atoms with Gasteiger partial charge in [0.2, 0.25) is 0 Å². The summed E-state index contributed by atoms with van der Waals surface area (Å²) < 4.78 is 6.59. The van der Waals surface area contributed by atoms with Gasteiger partial charge in [0, 0.05) is 5.39 Å². The number of hydrogen-bond acceptors (Lipinski definition) is 1. The molecule has 0 atom stereocenters. The fraction of sp³-hybridized carbons (Fsp3) is 0.333. The molecule has 0 aliphatic carbocycles. The summed E-state index contributed by atoms with van der Waals surface area (Å²) in [4.78, 5) is 0. The van der Waals surface area contributed by atoms with Crippen LogP contribution in [0.2, 0.25) is 0 Å². The van der Waals surface area contributed by atoms with Crippen molar-refractivity contribution in [3.8, 4) is 0 Å². The Morgan fingerprint density at radius 2 is 1.93 bits per heavy atom. The lowest BCUT2D eigenvalue weighted by Gasteiger charge is -2.18.